The van der Waals surface area contributed by atoms with Gasteiger partial charge in [0, 0.05) is 38.9 Å². The van der Waals surface area contributed by atoms with Crippen LogP contribution in [0.15, 0.2) is 59.5 Å². The highest BCUT2D eigenvalue weighted by molar-refractivity contribution is 7.87. The lowest BCUT2D eigenvalue weighted by Gasteiger charge is -2.63. The molecule has 25 nitrogen and oxygen atoms in total. The maximum absolute atomic E-state index is 13.7. The van der Waals surface area contributed by atoms with Crippen LogP contribution in [-0.2, 0) is 84.7 Å². The van der Waals surface area contributed by atoms with Crippen molar-refractivity contribution in [1.82, 2.24) is 16.0 Å². The van der Waals surface area contributed by atoms with Crippen molar-refractivity contribution >= 4 is 68.3 Å². The molecule has 12 aliphatic rings. The molecular formula is C93H149N3O22S5. The number of amides is 3. The summed E-state index contributed by atoms with van der Waals surface area (Å²) < 4.78 is 163. The molecule has 2 aromatic rings. The highest BCUT2D eigenvalue weighted by Crippen LogP contribution is 2.73. The van der Waals surface area contributed by atoms with Gasteiger partial charge in [0.05, 0.1) is 71.6 Å². The van der Waals surface area contributed by atoms with Crippen LogP contribution < -0.4 is 16.0 Å². The van der Waals surface area contributed by atoms with Crippen LogP contribution in [0.25, 0.3) is 0 Å². The van der Waals surface area contributed by atoms with Gasteiger partial charge in [-0.15, -0.1) is 0 Å². The molecule has 0 spiro atoms. The number of ether oxygens (including phenoxy) is 1. The molecule has 12 aliphatic carbocycles. The Morgan fingerprint density at radius 3 is 1.05 bits per heavy atom. The number of nitrogens with one attached hydrogen (secondary N) is 3. The first-order valence-corrected chi connectivity index (χ1v) is 54.8. The molecule has 0 radical (unpaired) electrons. The number of aliphatic hydroxyl groups excluding tert-OH is 3. The number of benzene rings is 2. The number of carbonyl (C=O) groups is 3. The Hall–Kier alpha value is -3.76. The fourth-order valence-corrected chi connectivity index (χ4v) is 32.5. The Morgan fingerprint density at radius 2 is 0.715 bits per heavy atom. The van der Waals surface area contributed by atoms with Gasteiger partial charge < -0.3 is 36.0 Å². The summed E-state index contributed by atoms with van der Waals surface area (Å²) in [5, 5.41) is 39.5. The van der Waals surface area contributed by atoms with Gasteiger partial charge in [0.1, 0.15) is 0 Å². The molecule has 9 N–H and O–H groups in total. The highest BCUT2D eigenvalue weighted by Gasteiger charge is 2.68. The molecule has 12 saturated carbocycles. The average Bonchev–Trinajstić information content (AvgIpc) is 1.58. The van der Waals surface area contributed by atoms with E-state index in [1.165, 1.54) is 31.2 Å². The predicted octanol–water partition coefficient (Wildman–Crippen LogP) is 14.1. The number of aliphatic hydroxyl groups is 3. The van der Waals surface area contributed by atoms with Crippen molar-refractivity contribution in [2.45, 2.75) is 310 Å². The predicted molar refractivity (Wildman–Crippen MR) is 471 cm³/mol. The fourth-order valence-electron chi connectivity index (χ4n) is 29.7. The molecule has 0 saturated heterocycles. The monoisotopic (exact) mass is 1820 g/mol. The van der Waals surface area contributed by atoms with Gasteiger partial charge in [-0.1, -0.05) is 110 Å². The molecule has 3 amide bonds. The average molecular weight is 1820 g/mol. The summed E-state index contributed by atoms with van der Waals surface area (Å²) in [7, 11) is -19.9. The van der Waals surface area contributed by atoms with Crippen molar-refractivity contribution < 1.29 is 98.6 Å². The molecule has 3 unspecified atom stereocenters. The van der Waals surface area contributed by atoms with Crippen molar-refractivity contribution in [3.63, 3.8) is 0 Å². The lowest BCUT2D eigenvalue weighted by molar-refractivity contribution is -0.191. The van der Waals surface area contributed by atoms with Gasteiger partial charge in [-0.3, -0.25) is 36.4 Å². The Kier molecular flexibility index (Phi) is 31.1. The summed E-state index contributed by atoms with van der Waals surface area (Å²) in [6, 6.07) is 17.3. The molecule has 12 fully saturated rings. The van der Waals surface area contributed by atoms with Crippen LogP contribution in [0.2, 0.25) is 0 Å². The van der Waals surface area contributed by atoms with Gasteiger partial charge >= 0.3 is 0 Å². The maximum Gasteiger partial charge on any atom is 0.297 e. The molecule has 2 aromatic carbocycles. The van der Waals surface area contributed by atoms with Crippen LogP contribution in [0, 0.1) is 146 Å². The summed E-state index contributed by atoms with van der Waals surface area (Å²) >= 11 is 0. The SMILES string of the molecule is C[C@H](CCC(=O)NCCS(=O)(=O)O)[C@H]1CC[C@H]2[C@@H]3[C@@H](OCc4ccccc4)CC4C[C@H](O)CC[C@]4(C)[C@H]3CC[C@]12C.C[C@H](CCC(=O)NCCS(=O)(=O)O)[C@H]1CC[C@H]2[C@@H]3[C@@H](OS(C)(=O)=O)CC4C[C@H](O)CC[C@]4(C)[C@H]3CC[C@]12C.Cc1ccc(S(=O)(=O)O[C@H]2CC3C[C@H](O)CC[C@]3(C)[C@H]3CC[C@]4(C)[C@@H]([C@H](C)CCC(=O)NCCS(=O)(=O)O)CC[C@H]4[C@H]23)cc1. The van der Waals surface area contributed by atoms with E-state index in [0.29, 0.717) is 135 Å². The molecule has 0 bridgehead atoms. The minimum absolute atomic E-state index is 0.00532. The second-order valence-corrected chi connectivity index (χ2v) is 50.6. The zero-order valence-electron chi connectivity index (χ0n) is 75.0. The maximum atomic E-state index is 13.7. The number of hydrogen-bond acceptors (Lipinski definition) is 19. The topological polar surface area (TPSA) is 407 Å². The van der Waals surface area contributed by atoms with Crippen molar-refractivity contribution in [2.24, 2.45) is 139 Å². The molecule has 30 atom stereocenters. The van der Waals surface area contributed by atoms with E-state index in [2.05, 4.69) is 103 Å². The quantitative estimate of drug-likeness (QED) is 0.0270. The van der Waals surface area contributed by atoms with Crippen LogP contribution in [-0.4, -0.2) is 169 Å². The van der Waals surface area contributed by atoms with Crippen molar-refractivity contribution in [3.8, 4) is 0 Å². The lowest BCUT2D eigenvalue weighted by atomic mass is 9.43. The van der Waals surface area contributed by atoms with Crippen LogP contribution in [0.1, 0.15) is 266 Å². The van der Waals surface area contributed by atoms with Gasteiger partial charge in [0.2, 0.25) is 17.7 Å². The first-order valence-electron chi connectivity index (χ1n) is 46.7. The lowest BCUT2D eigenvalue weighted by Crippen LogP contribution is -2.59. The van der Waals surface area contributed by atoms with Crippen molar-refractivity contribution in [3.05, 3.63) is 65.7 Å². The van der Waals surface area contributed by atoms with Gasteiger partial charge in [-0.05, 0) is 337 Å². The molecule has 698 valence electrons. The van der Waals surface area contributed by atoms with E-state index in [9.17, 15) is 71.8 Å². The minimum atomic E-state index is -4.12. The zero-order valence-corrected chi connectivity index (χ0v) is 79.1. The molecule has 123 heavy (non-hydrogen) atoms. The van der Waals surface area contributed by atoms with E-state index in [4.69, 9.17) is 26.8 Å². The van der Waals surface area contributed by atoms with Crippen LogP contribution >= 0.6 is 0 Å². The smallest absolute Gasteiger partial charge is 0.297 e. The molecular weight excluding hydrogens is 1670 g/mol. The number of aryl methyl sites for hydroxylation is 1. The van der Waals surface area contributed by atoms with Gasteiger partial charge in [0.15, 0.2) is 0 Å². The first kappa shape index (κ1) is 98.3. The fraction of sp³-hybridized carbons (Fsp3) is 0.839. The summed E-state index contributed by atoms with van der Waals surface area (Å²) in [5.41, 5.74) is 2.85. The Balaban J connectivity index is 0.000000169. The Morgan fingerprint density at radius 1 is 0.407 bits per heavy atom. The van der Waals surface area contributed by atoms with Crippen molar-refractivity contribution in [2.75, 3.05) is 43.1 Å². The van der Waals surface area contributed by atoms with Crippen molar-refractivity contribution in [1.29, 1.82) is 0 Å². The normalized spacial score (nSPS) is 39.6. The van der Waals surface area contributed by atoms with E-state index in [1.54, 1.807) is 24.3 Å². The first-order chi connectivity index (χ1) is 57.5. The third-order valence-electron chi connectivity index (χ3n) is 35.9. The van der Waals surface area contributed by atoms with E-state index < -0.39 is 74.0 Å². The second-order valence-electron chi connectivity index (χ2n) is 42.7. The number of hydrogen-bond donors (Lipinski definition) is 9. The van der Waals surface area contributed by atoms with E-state index >= 15 is 0 Å². The van der Waals surface area contributed by atoms with Crippen LogP contribution in [0.3, 0.4) is 0 Å². The third kappa shape index (κ3) is 22.5. The van der Waals surface area contributed by atoms with Gasteiger partial charge in [0.25, 0.3) is 50.6 Å². The minimum Gasteiger partial charge on any atom is -0.393 e. The van der Waals surface area contributed by atoms with Gasteiger partial charge in [-0.25, -0.2) is 0 Å². The highest BCUT2D eigenvalue weighted by atomic mass is 32.2. The number of carbonyl (C=O) groups excluding carboxylic acids is 3. The van der Waals surface area contributed by atoms with E-state index in [1.807, 2.05) is 13.0 Å². The summed E-state index contributed by atoms with van der Waals surface area (Å²) in [4.78, 5) is 37.3. The zero-order chi connectivity index (χ0) is 89.6. The van der Waals surface area contributed by atoms with E-state index in [0.717, 1.165) is 127 Å². The number of rotatable bonds is 29. The summed E-state index contributed by atoms with van der Waals surface area (Å²) in [6.07, 6.45) is 26.1. The molecule has 14 rings (SSSR count). The summed E-state index contributed by atoms with van der Waals surface area (Å²) in [6.45, 7) is 23.5. The number of fused-ring (bicyclic) bond motifs is 15. The third-order valence-corrected chi connectivity index (χ3v) is 40.0. The second kappa shape index (κ2) is 39.0. The van der Waals surface area contributed by atoms with Crippen LogP contribution in [0.4, 0.5) is 0 Å². The van der Waals surface area contributed by atoms with Crippen LogP contribution in [0.5, 0.6) is 0 Å². The molecule has 0 heterocycles. The Bertz CT molecular complexity index is 4570. The summed E-state index contributed by atoms with van der Waals surface area (Å²) in [5.74, 6) is 4.64. The van der Waals surface area contributed by atoms with E-state index in [-0.39, 0.29) is 135 Å². The molecule has 0 aliphatic heterocycles. The standard InChI is InChI=1S/C33H51NO8S2.C33H51NO6S.C27H47NO8S2/c1-21-5-8-25(9-6-21)44(40,41)42-29-20-23-19-24(35)13-15-32(23,3)28-14-16-33(4)26(10-11-27(33)31(28)29)22(2)7-12-30(36)34-17-18-43(37,38)39;1-22(9-12-30(36)34-17-18-41(37,38)39)26-10-11-27-31-28(14-16-33(26,27)3)32(2)15-13-25(35)19-24(32)20-29(31)40-21-23-7-5-4-6-8-23;1-17(5-8-24(30)28-13-14-38(33,34)35)20-6-7-21-25-22(10-12-27(20,21)3)26(2)11-9-19(29)15-18(26)16-23(25)36-37(4,31)32/h5-6,8-9,22-24,26-29,31,35H,7,10-20H2,1-4H3,(H,34,36)(H,37,38,39);4-8,22,24-29,31,35H,9-21H2,1-3H3,(H,34,36)(H,37,38,39);17-23,25,29H,5-16H2,1-4H3,(H,28,30)(H,33,34,35)/t22-,23?,24-,26-,27+,28+,29+,31+,32+,33-;22-,24?,25-,26-,27+,28+,29+,31+,32+,33-;17-,18?,19-,20-,21+,22+,23+,25+,26+,27-/m111/s1. The molecule has 0 aromatic heterocycles. The molecule has 30 heteroatoms. The Labute approximate surface area is 735 Å². The van der Waals surface area contributed by atoms with Gasteiger partial charge in [-0.2, -0.15) is 42.1 Å². The largest absolute Gasteiger partial charge is 0.393 e.